The fourth-order valence-corrected chi connectivity index (χ4v) is 2.76. The maximum Gasteiger partial charge on any atom is 0.204 e. The zero-order valence-corrected chi connectivity index (χ0v) is 13.4. The Kier molecular flexibility index (Phi) is 3.33. The first kappa shape index (κ1) is 15.8. The van der Waals surface area contributed by atoms with E-state index in [-0.39, 0.29) is 23.7 Å². The summed E-state index contributed by atoms with van der Waals surface area (Å²) in [4.78, 5) is 24.9. The minimum Gasteiger partial charge on any atom is -0.511 e. The molecule has 0 unspecified atom stereocenters. The molecule has 1 heterocycles. The van der Waals surface area contributed by atoms with E-state index >= 15 is 0 Å². The number of carbonyl (C=O) groups is 2. The van der Waals surface area contributed by atoms with Crippen molar-refractivity contribution in [3.63, 3.8) is 0 Å². The van der Waals surface area contributed by atoms with Gasteiger partial charge in [0.05, 0.1) is 16.4 Å². The summed E-state index contributed by atoms with van der Waals surface area (Å²) in [6.45, 7) is 10.2. The normalized spacial score (nSPS) is 29.0. The van der Waals surface area contributed by atoms with Gasteiger partial charge in [-0.25, -0.2) is 0 Å². The number of aliphatic hydroxyl groups excluding tert-OH is 1. The van der Waals surface area contributed by atoms with E-state index in [1.165, 1.54) is 6.08 Å². The van der Waals surface area contributed by atoms with Crippen LogP contribution in [0.15, 0.2) is 23.2 Å². The topological polar surface area (TPSA) is 72.8 Å². The van der Waals surface area contributed by atoms with Gasteiger partial charge in [-0.15, -0.1) is 0 Å². The number of rotatable bonds is 1. The third kappa shape index (κ3) is 2.39. The molecule has 1 saturated heterocycles. The van der Waals surface area contributed by atoms with Crippen molar-refractivity contribution in [2.75, 3.05) is 6.61 Å². The lowest BCUT2D eigenvalue weighted by Crippen LogP contribution is -2.48. The summed E-state index contributed by atoms with van der Waals surface area (Å²) in [7, 11) is 0. The summed E-state index contributed by atoms with van der Waals surface area (Å²) in [6.07, 6.45) is 1.49. The summed E-state index contributed by atoms with van der Waals surface area (Å²) in [5.41, 5.74) is -2.14. The molecule has 0 bridgehead atoms. The van der Waals surface area contributed by atoms with Crippen LogP contribution < -0.4 is 0 Å². The lowest BCUT2D eigenvalue weighted by Gasteiger charge is -2.37. The Bertz CT molecular complexity index is 575. The van der Waals surface area contributed by atoms with Crippen molar-refractivity contribution in [2.24, 2.45) is 10.8 Å². The van der Waals surface area contributed by atoms with Crippen molar-refractivity contribution in [1.29, 1.82) is 0 Å². The SMILES string of the molecule is CC1(C)OC/C(=C/C2=C(O)C(C)(C)C(=O)C(C)(C)C2=O)O1. The van der Waals surface area contributed by atoms with Crippen molar-refractivity contribution >= 4 is 11.6 Å². The van der Waals surface area contributed by atoms with E-state index in [0.29, 0.717) is 5.76 Å². The predicted octanol–water partition coefficient (Wildman–Crippen LogP) is 2.67. The van der Waals surface area contributed by atoms with E-state index in [2.05, 4.69) is 0 Å². The second-order valence-electron chi connectivity index (χ2n) is 7.07. The monoisotopic (exact) mass is 294 g/mol. The standard InChI is InChI=1S/C16H22O5/c1-14(2)11(17)10(12(18)15(3,4)13(14)19)7-9-8-20-16(5,6)21-9/h7,17H,8H2,1-6H3/b9-7-. The molecular formula is C16H22O5. The van der Waals surface area contributed by atoms with Gasteiger partial charge in [-0.3, -0.25) is 9.59 Å². The number of aliphatic hydroxyl groups is 1. The molecule has 1 N–H and O–H groups in total. The molecule has 2 aliphatic rings. The Morgan fingerprint density at radius 2 is 1.62 bits per heavy atom. The molecule has 0 aromatic rings. The van der Waals surface area contributed by atoms with Crippen LogP contribution in [-0.2, 0) is 19.1 Å². The van der Waals surface area contributed by atoms with E-state index in [1.54, 1.807) is 41.5 Å². The second kappa shape index (κ2) is 4.44. The zero-order chi connectivity index (χ0) is 16.2. The molecule has 0 radical (unpaired) electrons. The van der Waals surface area contributed by atoms with E-state index in [9.17, 15) is 14.7 Å². The molecule has 1 aliphatic heterocycles. The molecule has 5 heteroatoms. The number of hydrogen-bond acceptors (Lipinski definition) is 5. The van der Waals surface area contributed by atoms with Crippen LogP contribution in [0.1, 0.15) is 41.5 Å². The van der Waals surface area contributed by atoms with Gasteiger partial charge in [-0.2, -0.15) is 0 Å². The molecule has 1 aliphatic carbocycles. The van der Waals surface area contributed by atoms with Crippen molar-refractivity contribution in [2.45, 2.75) is 47.3 Å². The highest BCUT2D eigenvalue weighted by atomic mass is 16.7. The van der Waals surface area contributed by atoms with Crippen molar-refractivity contribution in [3.05, 3.63) is 23.2 Å². The van der Waals surface area contributed by atoms with Crippen LogP contribution >= 0.6 is 0 Å². The van der Waals surface area contributed by atoms with Gasteiger partial charge in [0.2, 0.25) is 5.79 Å². The number of Topliss-reactive ketones (excluding diaryl/α,β-unsaturated/α-hetero) is 2. The largest absolute Gasteiger partial charge is 0.511 e. The fraction of sp³-hybridized carbons (Fsp3) is 0.625. The average molecular weight is 294 g/mol. The number of carbonyl (C=O) groups excluding carboxylic acids is 2. The molecule has 116 valence electrons. The molecule has 2 rings (SSSR count). The third-order valence-corrected chi connectivity index (χ3v) is 4.04. The Balaban J connectivity index is 2.51. The van der Waals surface area contributed by atoms with Crippen LogP contribution in [-0.4, -0.2) is 29.1 Å². The smallest absolute Gasteiger partial charge is 0.204 e. The molecule has 0 saturated carbocycles. The molecule has 0 aromatic carbocycles. The molecule has 5 nitrogen and oxygen atoms in total. The van der Waals surface area contributed by atoms with Gasteiger partial charge in [0.25, 0.3) is 0 Å². The maximum atomic E-state index is 12.5. The van der Waals surface area contributed by atoms with Gasteiger partial charge in [-0.1, -0.05) is 0 Å². The Hall–Kier alpha value is -1.62. The Labute approximate surface area is 124 Å². The molecular weight excluding hydrogens is 272 g/mol. The van der Waals surface area contributed by atoms with E-state index in [4.69, 9.17) is 9.47 Å². The first-order chi connectivity index (χ1) is 9.39. The average Bonchev–Trinajstić information content (AvgIpc) is 2.71. The fourth-order valence-electron chi connectivity index (χ4n) is 2.76. The number of hydrogen-bond donors (Lipinski definition) is 1. The van der Waals surface area contributed by atoms with Crippen LogP contribution in [0.25, 0.3) is 0 Å². The summed E-state index contributed by atoms with van der Waals surface area (Å²) in [5.74, 6) is -1.18. The number of allylic oxidation sites excluding steroid dienone is 3. The van der Waals surface area contributed by atoms with Gasteiger partial charge < -0.3 is 14.6 Å². The third-order valence-electron chi connectivity index (χ3n) is 4.04. The first-order valence-corrected chi connectivity index (χ1v) is 6.96. The van der Waals surface area contributed by atoms with Gasteiger partial charge in [0.1, 0.15) is 18.1 Å². The maximum absolute atomic E-state index is 12.5. The summed E-state index contributed by atoms with van der Waals surface area (Å²) in [6, 6.07) is 0. The summed E-state index contributed by atoms with van der Waals surface area (Å²) < 4.78 is 11.0. The van der Waals surface area contributed by atoms with Crippen LogP contribution in [0.3, 0.4) is 0 Å². The lowest BCUT2D eigenvalue weighted by molar-refractivity contribution is -0.144. The van der Waals surface area contributed by atoms with Crippen molar-refractivity contribution in [3.8, 4) is 0 Å². The van der Waals surface area contributed by atoms with Crippen molar-refractivity contribution in [1.82, 2.24) is 0 Å². The van der Waals surface area contributed by atoms with Crippen LogP contribution in [0.2, 0.25) is 0 Å². The van der Waals surface area contributed by atoms with Gasteiger partial charge in [-0.05, 0) is 33.8 Å². The highest BCUT2D eigenvalue weighted by Gasteiger charge is 2.52. The number of ketones is 2. The quantitative estimate of drug-likeness (QED) is 0.753. The Morgan fingerprint density at radius 1 is 1.05 bits per heavy atom. The minimum absolute atomic E-state index is 0.126. The second-order valence-corrected chi connectivity index (χ2v) is 7.07. The van der Waals surface area contributed by atoms with Gasteiger partial charge in [0, 0.05) is 13.8 Å². The molecule has 0 spiro atoms. The highest BCUT2D eigenvalue weighted by Crippen LogP contribution is 2.44. The van der Waals surface area contributed by atoms with Gasteiger partial charge in [0.15, 0.2) is 11.6 Å². The van der Waals surface area contributed by atoms with Crippen molar-refractivity contribution < 1.29 is 24.2 Å². The number of ether oxygens (including phenoxy) is 2. The van der Waals surface area contributed by atoms with Crippen LogP contribution in [0.4, 0.5) is 0 Å². The minimum atomic E-state index is -1.17. The first-order valence-electron chi connectivity index (χ1n) is 6.96. The predicted molar refractivity (Wildman–Crippen MR) is 76.4 cm³/mol. The highest BCUT2D eigenvalue weighted by molar-refractivity contribution is 6.20. The lowest BCUT2D eigenvalue weighted by atomic mass is 9.63. The van der Waals surface area contributed by atoms with E-state index < -0.39 is 22.4 Å². The molecule has 21 heavy (non-hydrogen) atoms. The summed E-state index contributed by atoms with van der Waals surface area (Å²) >= 11 is 0. The molecule has 0 amide bonds. The Morgan fingerprint density at radius 3 is 2.10 bits per heavy atom. The van der Waals surface area contributed by atoms with E-state index in [1.807, 2.05) is 0 Å². The molecule has 0 atom stereocenters. The zero-order valence-electron chi connectivity index (χ0n) is 13.4. The van der Waals surface area contributed by atoms with E-state index in [0.717, 1.165) is 0 Å². The summed E-state index contributed by atoms with van der Waals surface area (Å²) in [5, 5.41) is 10.4. The molecule has 1 fully saturated rings. The van der Waals surface area contributed by atoms with Gasteiger partial charge >= 0.3 is 0 Å². The van der Waals surface area contributed by atoms with Crippen LogP contribution in [0.5, 0.6) is 0 Å². The van der Waals surface area contributed by atoms with Crippen LogP contribution in [0, 0.1) is 10.8 Å². The molecule has 0 aromatic heterocycles.